The molecule has 2 aliphatic heterocycles. The highest BCUT2D eigenvalue weighted by Gasteiger charge is 2.28. The maximum Gasteiger partial charge on any atom is 0.332 e. The number of fused-ring (bicyclic) bond motifs is 1. The van der Waals surface area contributed by atoms with Crippen LogP contribution in [-0.2, 0) is 20.5 Å². The summed E-state index contributed by atoms with van der Waals surface area (Å²) >= 11 is 0. The molecule has 1 aromatic rings. The summed E-state index contributed by atoms with van der Waals surface area (Å²) < 4.78 is 2.54. The zero-order chi connectivity index (χ0) is 14.4. The van der Waals surface area contributed by atoms with E-state index in [9.17, 15) is 14.7 Å². The van der Waals surface area contributed by atoms with E-state index in [1.807, 2.05) is 0 Å². The van der Waals surface area contributed by atoms with E-state index >= 15 is 0 Å². The fourth-order valence-corrected chi connectivity index (χ4v) is 2.83. The summed E-state index contributed by atoms with van der Waals surface area (Å²) in [7, 11) is 3.12. The minimum absolute atomic E-state index is 0.243. The van der Waals surface area contributed by atoms with Gasteiger partial charge in [0.1, 0.15) is 11.7 Å². The lowest BCUT2D eigenvalue weighted by molar-refractivity contribution is 0.109. The molecular weight excluding hydrogens is 260 g/mol. The van der Waals surface area contributed by atoms with Crippen LogP contribution in [0.4, 0.5) is 5.82 Å². The first kappa shape index (κ1) is 13.1. The highest BCUT2D eigenvalue weighted by Crippen LogP contribution is 2.24. The van der Waals surface area contributed by atoms with E-state index in [-0.39, 0.29) is 17.4 Å². The van der Waals surface area contributed by atoms with Gasteiger partial charge >= 0.3 is 5.69 Å². The predicted octanol–water partition coefficient (Wildman–Crippen LogP) is -0.873. The number of amidine groups is 1. The fraction of sp³-hybridized carbons (Fsp3) is 0.615. The van der Waals surface area contributed by atoms with Gasteiger partial charge in [0.05, 0.1) is 11.7 Å². The summed E-state index contributed by atoms with van der Waals surface area (Å²) in [4.78, 5) is 30.6. The average molecular weight is 278 g/mol. The highest BCUT2D eigenvalue weighted by molar-refractivity contribution is 5.91. The lowest BCUT2D eigenvalue weighted by Gasteiger charge is -2.31. The van der Waals surface area contributed by atoms with E-state index in [0.29, 0.717) is 30.6 Å². The molecular formula is C13H18N4O3. The predicted molar refractivity (Wildman–Crippen MR) is 74.5 cm³/mol. The van der Waals surface area contributed by atoms with Gasteiger partial charge in [-0.1, -0.05) is 0 Å². The van der Waals surface area contributed by atoms with E-state index in [1.165, 1.54) is 11.6 Å². The van der Waals surface area contributed by atoms with Crippen molar-refractivity contribution < 1.29 is 5.11 Å². The first-order valence-electron chi connectivity index (χ1n) is 6.78. The van der Waals surface area contributed by atoms with E-state index in [0.717, 1.165) is 23.5 Å². The molecule has 0 unspecified atom stereocenters. The molecule has 1 N–H and O–H groups in total. The van der Waals surface area contributed by atoms with Crippen molar-refractivity contribution >= 4 is 11.7 Å². The van der Waals surface area contributed by atoms with Crippen LogP contribution in [0.2, 0.25) is 0 Å². The third kappa shape index (κ3) is 1.89. The Morgan fingerprint density at radius 1 is 1.15 bits per heavy atom. The van der Waals surface area contributed by atoms with Crippen LogP contribution in [0.15, 0.2) is 14.6 Å². The van der Waals surface area contributed by atoms with Gasteiger partial charge in [-0.15, -0.1) is 0 Å². The Hall–Kier alpha value is -1.89. The number of piperidine rings is 1. The zero-order valence-corrected chi connectivity index (χ0v) is 11.7. The molecule has 0 bridgehead atoms. The third-order valence-electron chi connectivity index (χ3n) is 4.12. The van der Waals surface area contributed by atoms with E-state index in [1.54, 1.807) is 7.05 Å². The molecule has 1 saturated heterocycles. The monoisotopic (exact) mass is 278 g/mol. The van der Waals surface area contributed by atoms with Crippen LogP contribution < -0.4 is 11.2 Å². The SMILES string of the molecule is Cn1c2c(c(=O)n(C)c1=O)CC(N1CCC(O)CC1)=N2. The molecule has 20 heavy (non-hydrogen) atoms. The second-order valence-electron chi connectivity index (χ2n) is 5.43. The van der Waals surface area contributed by atoms with Gasteiger partial charge < -0.3 is 10.0 Å². The van der Waals surface area contributed by atoms with Gasteiger partial charge in [0, 0.05) is 33.6 Å². The number of likely N-dealkylation sites (tertiary alicyclic amines) is 1. The Labute approximate surface area is 115 Å². The van der Waals surface area contributed by atoms with Gasteiger partial charge in [-0.05, 0) is 12.8 Å². The molecule has 1 fully saturated rings. The zero-order valence-electron chi connectivity index (χ0n) is 11.7. The van der Waals surface area contributed by atoms with Crippen molar-refractivity contribution in [1.82, 2.24) is 14.0 Å². The maximum atomic E-state index is 12.1. The van der Waals surface area contributed by atoms with Crippen LogP contribution in [-0.4, -0.2) is 44.2 Å². The van der Waals surface area contributed by atoms with E-state index in [2.05, 4.69) is 9.89 Å². The molecule has 0 saturated carbocycles. The van der Waals surface area contributed by atoms with Crippen molar-refractivity contribution in [3.63, 3.8) is 0 Å². The lowest BCUT2D eigenvalue weighted by atomic mass is 10.1. The smallest absolute Gasteiger partial charge is 0.332 e. The summed E-state index contributed by atoms with van der Waals surface area (Å²) in [6.45, 7) is 1.48. The minimum Gasteiger partial charge on any atom is -0.393 e. The molecule has 7 heteroatoms. The number of aromatic nitrogens is 2. The second kappa shape index (κ2) is 4.59. The molecule has 7 nitrogen and oxygen atoms in total. The Morgan fingerprint density at radius 3 is 2.45 bits per heavy atom. The Balaban J connectivity index is 1.97. The summed E-state index contributed by atoms with van der Waals surface area (Å²) in [6.07, 6.45) is 1.65. The largest absolute Gasteiger partial charge is 0.393 e. The number of hydrogen-bond acceptors (Lipinski definition) is 5. The van der Waals surface area contributed by atoms with Crippen LogP contribution >= 0.6 is 0 Å². The van der Waals surface area contributed by atoms with Crippen LogP contribution in [0.25, 0.3) is 0 Å². The van der Waals surface area contributed by atoms with Crippen molar-refractivity contribution in [3.8, 4) is 0 Å². The van der Waals surface area contributed by atoms with Crippen molar-refractivity contribution in [2.24, 2.45) is 19.1 Å². The van der Waals surface area contributed by atoms with Gasteiger partial charge in [-0.3, -0.25) is 13.9 Å². The van der Waals surface area contributed by atoms with Crippen molar-refractivity contribution in [2.45, 2.75) is 25.4 Å². The molecule has 2 aliphatic rings. The summed E-state index contributed by atoms with van der Waals surface area (Å²) in [5, 5.41) is 9.54. The Bertz CT molecular complexity index is 693. The second-order valence-corrected chi connectivity index (χ2v) is 5.43. The number of aliphatic hydroxyl groups excluding tert-OH is 1. The number of rotatable bonds is 0. The molecule has 0 aromatic carbocycles. The first-order valence-corrected chi connectivity index (χ1v) is 6.78. The van der Waals surface area contributed by atoms with Crippen molar-refractivity contribution in [2.75, 3.05) is 13.1 Å². The van der Waals surface area contributed by atoms with Crippen molar-refractivity contribution in [3.05, 3.63) is 26.4 Å². The van der Waals surface area contributed by atoms with Crippen LogP contribution in [0.5, 0.6) is 0 Å². The summed E-state index contributed by atoms with van der Waals surface area (Å²) in [5.41, 5.74) is -0.0394. The lowest BCUT2D eigenvalue weighted by Crippen LogP contribution is -2.41. The summed E-state index contributed by atoms with van der Waals surface area (Å²) in [6, 6.07) is 0. The van der Waals surface area contributed by atoms with Gasteiger partial charge in [-0.2, -0.15) is 0 Å². The van der Waals surface area contributed by atoms with Crippen LogP contribution in [0.3, 0.4) is 0 Å². The van der Waals surface area contributed by atoms with Crippen molar-refractivity contribution in [1.29, 1.82) is 0 Å². The number of aliphatic hydroxyl groups is 1. The van der Waals surface area contributed by atoms with Gasteiger partial charge in [0.15, 0.2) is 0 Å². The molecule has 0 atom stereocenters. The topological polar surface area (TPSA) is 79.8 Å². The maximum absolute atomic E-state index is 12.1. The molecule has 3 rings (SSSR count). The number of nitrogens with zero attached hydrogens (tertiary/aromatic N) is 4. The standard InChI is InChI=1S/C13H18N4O3/c1-15-11-9(12(19)16(2)13(15)20)7-10(14-11)17-5-3-8(18)4-6-17/h8,18H,3-7H2,1-2H3. The molecule has 3 heterocycles. The molecule has 0 spiro atoms. The first-order chi connectivity index (χ1) is 9.49. The molecule has 0 radical (unpaired) electrons. The molecule has 0 aliphatic carbocycles. The Kier molecular flexibility index (Phi) is 3.01. The number of aliphatic imine (C=N–C) groups is 1. The van der Waals surface area contributed by atoms with Gasteiger partial charge in [0.25, 0.3) is 5.56 Å². The molecule has 108 valence electrons. The van der Waals surface area contributed by atoms with E-state index in [4.69, 9.17) is 0 Å². The molecule has 0 amide bonds. The van der Waals surface area contributed by atoms with Crippen LogP contribution in [0.1, 0.15) is 18.4 Å². The fourth-order valence-electron chi connectivity index (χ4n) is 2.83. The van der Waals surface area contributed by atoms with Crippen LogP contribution in [0, 0.1) is 0 Å². The molecule has 1 aromatic heterocycles. The minimum atomic E-state index is -0.354. The van der Waals surface area contributed by atoms with Gasteiger partial charge in [0.2, 0.25) is 0 Å². The highest BCUT2D eigenvalue weighted by atomic mass is 16.3. The summed E-state index contributed by atoms with van der Waals surface area (Å²) in [5.74, 6) is 1.30. The quantitative estimate of drug-likeness (QED) is 0.669. The average Bonchev–Trinajstić information content (AvgIpc) is 2.89. The van der Waals surface area contributed by atoms with Gasteiger partial charge in [-0.25, -0.2) is 9.79 Å². The van der Waals surface area contributed by atoms with E-state index < -0.39 is 0 Å². The third-order valence-corrected chi connectivity index (χ3v) is 4.12. The Morgan fingerprint density at radius 2 is 1.80 bits per heavy atom. The number of hydrogen-bond donors (Lipinski definition) is 1. The normalized spacial score (nSPS) is 19.1.